The Bertz CT molecular complexity index is 588. The third kappa shape index (κ3) is 1.88. The lowest BCUT2D eigenvalue weighted by Crippen LogP contribution is -2.51. The van der Waals surface area contributed by atoms with E-state index in [4.69, 9.17) is 11.6 Å². The number of hydrogen-bond donors (Lipinski definition) is 1. The molecule has 2 atom stereocenters. The molecule has 1 N–H and O–H groups in total. The van der Waals surface area contributed by atoms with Crippen molar-refractivity contribution in [3.8, 4) is 0 Å². The number of hydrogen-bond acceptors (Lipinski definition) is 5. The van der Waals surface area contributed by atoms with Gasteiger partial charge in [-0.05, 0) is 0 Å². The molecule has 0 spiro atoms. The quantitative estimate of drug-likeness (QED) is 0.212. The van der Waals surface area contributed by atoms with Crippen molar-refractivity contribution in [3.05, 3.63) is 46.0 Å². The third-order valence-electron chi connectivity index (χ3n) is 2.77. The number of carbonyl (C=O) groups is 3. The number of nitro groups is 1. The number of benzene rings is 1. The summed E-state index contributed by atoms with van der Waals surface area (Å²) >= 11 is 5.84. The molecule has 0 saturated carbocycles. The van der Waals surface area contributed by atoms with Crippen LogP contribution in [0, 0.1) is 10.1 Å². The largest absolute Gasteiger partial charge is 0.325 e. The van der Waals surface area contributed by atoms with Crippen LogP contribution in [0.15, 0.2) is 30.3 Å². The molecule has 7 nitrogen and oxygen atoms in total. The highest BCUT2D eigenvalue weighted by atomic mass is 35.5. The lowest BCUT2D eigenvalue weighted by atomic mass is 9.92. The van der Waals surface area contributed by atoms with Gasteiger partial charge < -0.3 is 0 Å². The molecule has 8 heteroatoms. The summed E-state index contributed by atoms with van der Waals surface area (Å²) in [5.74, 6) is -3.33. The zero-order valence-corrected chi connectivity index (χ0v) is 10.1. The van der Waals surface area contributed by atoms with Crippen molar-refractivity contribution in [2.75, 3.05) is 0 Å². The van der Waals surface area contributed by atoms with E-state index in [9.17, 15) is 24.5 Å². The maximum atomic E-state index is 12.2. The van der Waals surface area contributed by atoms with Crippen molar-refractivity contribution in [1.29, 1.82) is 0 Å². The molecule has 19 heavy (non-hydrogen) atoms. The van der Waals surface area contributed by atoms with Crippen LogP contribution >= 0.6 is 11.6 Å². The third-order valence-corrected chi connectivity index (χ3v) is 3.32. The molecule has 1 aromatic rings. The smallest absolute Gasteiger partial charge is 0.291 e. The van der Waals surface area contributed by atoms with Crippen LogP contribution < -0.4 is 5.32 Å². The topological polar surface area (TPSA) is 106 Å². The molecule has 1 fully saturated rings. The van der Waals surface area contributed by atoms with E-state index in [-0.39, 0.29) is 5.56 Å². The number of rotatable bonds is 3. The van der Waals surface area contributed by atoms with Crippen molar-refractivity contribution in [1.82, 2.24) is 5.32 Å². The van der Waals surface area contributed by atoms with Gasteiger partial charge in [0.1, 0.15) is 0 Å². The fourth-order valence-corrected chi connectivity index (χ4v) is 2.18. The Hall–Kier alpha value is -2.28. The minimum absolute atomic E-state index is 0.0224. The first kappa shape index (κ1) is 13.2. The van der Waals surface area contributed by atoms with E-state index < -0.39 is 33.4 Å². The van der Waals surface area contributed by atoms with Crippen LogP contribution in [-0.4, -0.2) is 33.4 Å². The van der Waals surface area contributed by atoms with E-state index in [1.807, 2.05) is 0 Å². The first-order valence-corrected chi connectivity index (χ1v) is 5.54. The van der Waals surface area contributed by atoms with Crippen LogP contribution in [0.3, 0.4) is 0 Å². The van der Waals surface area contributed by atoms with Gasteiger partial charge in [-0.2, -0.15) is 0 Å². The average Bonchev–Trinajstić information content (AvgIpc) is 2.60. The van der Waals surface area contributed by atoms with Crippen LogP contribution in [0.5, 0.6) is 0 Å². The molecule has 0 radical (unpaired) electrons. The minimum atomic E-state index is -2.54. The minimum Gasteiger partial charge on any atom is -0.291 e. The highest BCUT2D eigenvalue weighted by Crippen LogP contribution is 2.31. The van der Waals surface area contributed by atoms with E-state index in [2.05, 4.69) is 0 Å². The fourth-order valence-electron chi connectivity index (χ4n) is 1.84. The summed E-state index contributed by atoms with van der Waals surface area (Å²) in [7, 11) is 0. The number of Topliss-reactive ketones (excluding diaryl/α,β-unsaturated/α-hetero) is 1. The summed E-state index contributed by atoms with van der Waals surface area (Å²) in [6, 6.07) is 5.25. The Morgan fingerprint density at radius 1 is 1.32 bits per heavy atom. The molecular formula is C11H7ClN2O5. The second-order valence-electron chi connectivity index (χ2n) is 3.91. The van der Waals surface area contributed by atoms with Crippen molar-refractivity contribution in [2.24, 2.45) is 0 Å². The molecule has 98 valence electrons. The Morgan fingerprint density at radius 3 is 2.42 bits per heavy atom. The molecular weight excluding hydrogens is 276 g/mol. The number of alkyl halides is 1. The van der Waals surface area contributed by atoms with Gasteiger partial charge in [-0.25, -0.2) is 0 Å². The van der Waals surface area contributed by atoms with Gasteiger partial charge in [-0.3, -0.25) is 29.8 Å². The Balaban J connectivity index is 2.51. The molecule has 0 bridgehead atoms. The van der Waals surface area contributed by atoms with Crippen molar-refractivity contribution < 1.29 is 19.3 Å². The second kappa shape index (κ2) is 4.43. The predicted octanol–water partition coefficient (Wildman–Crippen LogP) is 0.149. The molecule has 0 aliphatic carbocycles. The fraction of sp³-hybridized carbons (Fsp3) is 0.182. The van der Waals surface area contributed by atoms with E-state index in [0.29, 0.717) is 0 Å². The lowest BCUT2D eigenvalue weighted by molar-refractivity contribution is -0.507. The Labute approximate surface area is 111 Å². The first-order chi connectivity index (χ1) is 8.89. The number of ketones is 1. The molecule has 1 aromatic carbocycles. The van der Waals surface area contributed by atoms with Crippen molar-refractivity contribution >= 4 is 29.2 Å². The van der Waals surface area contributed by atoms with Crippen LogP contribution in [-0.2, 0) is 9.59 Å². The maximum absolute atomic E-state index is 12.2. The van der Waals surface area contributed by atoms with E-state index in [0.717, 1.165) is 0 Å². The summed E-state index contributed by atoms with van der Waals surface area (Å²) in [6.45, 7) is 0. The highest BCUT2D eigenvalue weighted by Gasteiger charge is 2.67. The molecule has 2 unspecified atom stereocenters. The molecule has 1 saturated heterocycles. The van der Waals surface area contributed by atoms with Crippen molar-refractivity contribution in [2.45, 2.75) is 10.9 Å². The van der Waals surface area contributed by atoms with Crippen LogP contribution in [0.4, 0.5) is 0 Å². The number of halogens is 1. The van der Waals surface area contributed by atoms with Crippen LogP contribution in [0.1, 0.15) is 10.4 Å². The van der Waals surface area contributed by atoms with Gasteiger partial charge in [0.2, 0.25) is 5.78 Å². The van der Waals surface area contributed by atoms with E-state index in [1.54, 1.807) is 11.4 Å². The number of nitrogens with one attached hydrogen (secondary N) is 1. The molecule has 1 aliphatic heterocycles. The summed E-state index contributed by atoms with van der Waals surface area (Å²) in [6.07, 6.45) is 0. The average molecular weight is 283 g/mol. The van der Waals surface area contributed by atoms with Gasteiger partial charge in [0.25, 0.3) is 10.8 Å². The standard InChI is InChI=1S/C11H7ClN2O5/c12-11(8(15)6-4-2-1-3-5-6)7(14(18)19)9(16)13-10(11)17/h1-5,7H,(H,13,16,17). The molecule has 2 amide bonds. The van der Waals surface area contributed by atoms with E-state index in [1.165, 1.54) is 24.3 Å². The number of nitrogens with zero attached hydrogens (tertiary/aromatic N) is 1. The SMILES string of the molecule is O=C1NC(=O)C(Cl)(C(=O)c2ccccc2)C1[N+](=O)[O-]. The summed E-state index contributed by atoms with van der Waals surface area (Å²) in [5, 5.41) is 12.6. The number of amides is 2. The Morgan fingerprint density at radius 2 is 1.89 bits per heavy atom. The van der Waals surface area contributed by atoms with Gasteiger partial charge in [0.05, 0.1) is 0 Å². The molecule has 1 aliphatic rings. The number of imide groups is 1. The van der Waals surface area contributed by atoms with Crippen LogP contribution in [0.25, 0.3) is 0 Å². The summed E-state index contributed by atoms with van der Waals surface area (Å²) < 4.78 is 0. The highest BCUT2D eigenvalue weighted by molar-refractivity contribution is 6.53. The van der Waals surface area contributed by atoms with Gasteiger partial charge in [-0.15, -0.1) is 0 Å². The van der Waals surface area contributed by atoms with Gasteiger partial charge in [0.15, 0.2) is 0 Å². The normalized spacial score (nSPS) is 26.1. The zero-order chi connectivity index (χ0) is 14.2. The summed E-state index contributed by atoms with van der Waals surface area (Å²) in [4.78, 5) is 42.5. The second-order valence-corrected chi connectivity index (χ2v) is 4.51. The predicted molar refractivity (Wildman–Crippen MR) is 63.3 cm³/mol. The maximum Gasteiger partial charge on any atom is 0.325 e. The Kier molecular flexibility index (Phi) is 3.07. The lowest BCUT2D eigenvalue weighted by Gasteiger charge is -2.17. The van der Waals surface area contributed by atoms with Gasteiger partial charge >= 0.3 is 11.9 Å². The molecule has 1 heterocycles. The zero-order valence-electron chi connectivity index (χ0n) is 9.33. The number of carbonyl (C=O) groups excluding carboxylic acids is 3. The molecule has 2 rings (SSSR count). The van der Waals surface area contributed by atoms with Gasteiger partial charge in [-0.1, -0.05) is 41.9 Å². The van der Waals surface area contributed by atoms with Crippen LogP contribution in [0.2, 0.25) is 0 Å². The summed E-state index contributed by atoms with van der Waals surface area (Å²) in [5.41, 5.74) is 0.0224. The van der Waals surface area contributed by atoms with E-state index >= 15 is 0 Å². The van der Waals surface area contributed by atoms with Gasteiger partial charge in [0, 0.05) is 10.5 Å². The monoisotopic (exact) mass is 282 g/mol. The van der Waals surface area contributed by atoms with Crippen molar-refractivity contribution in [3.63, 3.8) is 0 Å². The molecule has 0 aromatic heterocycles. The first-order valence-electron chi connectivity index (χ1n) is 5.16.